The van der Waals surface area contributed by atoms with Crippen molar-refractivity contribution in [3.63, 3.8) is 0 Å². The van der Waals surface area contributed by atoms with Crippen molar-refractivity contribution in [2.45, 2.75) is 33.3 Å². The summed E-state index contributed by atoms with van der Waals surface area (Å²) in [5.41, 5.74) is 2.13. The summed E-state index contributed by atoms with van der Waals surface area (Å²) in [6.07, 6.45) is 1.32. The maximum Gasteiger partial charge on any atom is 0.410 e. The summed E-state index contributed by atoms with van der Waals surface area (Å²) in [6.45, 7) is 10.1. The highest BCUT2D eigenvalue weighted by Crippen LogP contribution is 2.40. The van der Waals surface area contributed by atoms with E-state index in [9.17, 15) is 9.90 Å². The molecule has 7 heteroatoms. The monoisotopic (exact) mass is 332 g/mol. The summed E-state index contributed by atoms with van der Waals surface area (Å²) in [7, 11) is 0. The molecule has 0 radical (unpaired) electrons. The Kier molecular flexibility index (Phi) is 4.03. The number of piperazine rings is 1. The lowest BCUT2D eigenvalue weighted by Crippen LogP contribution is -2.50. The first-order chi connectivity index (χ1) is 11.3. The Labute approximate surface area is 141 Å². The summed E-state index contributed by atoms with van der Waals surface area (Å²) < 4.78 is 5.43. The van der Waals surface area contributed by atoms with E-state index in [4.69, 9.17) is 4.74 Å². The van der Waals surface area contributed by atoms with E-state index >= 15 is 0 Å². The lowest BCUT2D eigenvalue weighted by atomic mass is 10.1. The number of fused-ring (bicyclic) bond motifs is 1. The van der Waals surface area contributed by atoms with Crippen LogP contribution in [0.4, 0.5) is 10.6 Å². The topological polar surface area (TPSA) is 81.7 Å². The summed E-state index contributed by atoms with van der Waals surface area (Å²) in [6, 6.07) is 1.74. The summed E-state index contributed by atoms with van der Waals surface area (Å²) in [4.78, 5) is 23.5. The summed E-state index contributed by atoms with van der Waals surface area (Å²) in [5, 5.41) is 9.99. The van der Waals surface area contributed by atoms with Gasteiger partial charge in [-0.15, -0.1) is 0 Å². The van der Waals surface area contributed by atoms with Gasteiger partial charge in [-0.05, 0) is 39.3 Å². The Morgan fingerprint density at radius 1 is 1.29 bits per heavy atom. The fourth-order valence-electron chi connectivity index (χ4n) is 3.00. The number of aromatic nitrogens is 2. The molecular weight excluding hydrogens is 308 g/mol. The molecule has 24 heavy (non-hydrogen) atoms. The van der Waals surface area contributed by atoms with Crippen LogP contribution in [-0.2, 0) is 4.74 Å². The van der Waals surface area contributed by atoms with Crippen molar-refractivity contribution in [3.8, 4) is 17.0 Å². The van der Waals surface area contributed by atoms with Crippen LogP contribution in [0.2, 0.25) is 0 Å². The van der Waals surface area contributed by atoms with Crippen LogP contribution in [0.1, 0.15) is 26.3 Å². The van der Waals surface area contributed by atoms with Crippen LogP contribution in [0.15, 0.2) is 12.4 Å². The minimum atomic E-state index is -0.485. The number of H-pyrrole nitrogens is 1. The number of hydrogen-bond donors (Lipinski definition) is 2. The number of ether oxygens (including phenoxy) is 1. The molecule has 2 heterocycles. The van der Waals surface area contributed by atoms with E-state index in [0.29, 0.717) is 31.9 Å². The molecule has 1 amide bonds. The molecule has 1 saturated heterocycles. The van der Waals surface area contributed by atoms with Crippen molar-refractivity contribution in [1.82, 2.24) is 14.9 Å². The molecular formula is C17H24N4O3. The van der Waals surface area contributed by atoms with Gasteiger partial charge in [-0.1, -0.05) is 0 Å². The smallest absolute Gasteiger partial charge is 0.410 e. The molecule has 7 nitrogen and oxygen atoms in total. The highest BCUT2D eigenvalue weighted by molar-refractivity contribution is 5.83. The zero-order valence-corrected chi connectivity index (χ0v) is 14.6. The molecule has 2 N–H and O–H groups in total. The van der Waals surface area contributed by atoms with Gasteiger partial charge in [0.2, 0.25) is 0 Å². The van der Waals surface area contributed by atoms with Crippen molar-refractivity contribution in [2.75, 3.05) is 31.1 Å². The number of amides is 1. The Bertz CT molecular complexity index is 711. The minimum Gasteiger partial charge on any atom is -0.506 e. The molecule has 2 aliphatic heterocycles. The molecule has 0 saturated carbocycles. The lowest BCUT2D eigenvalue weighted by molar-refractivity contribution is 0.0240. The number of aryl methyl sites for hydroxylation is 1. The Hall–Kier alpha value is -2.44. The van der Waals surface area contributed by atoms with Gasteiger partial charge in [0.1, 0.15) is 17.2 Å². The second-order valence-electron chi connectivity index (χ2n) is 7.14. The first-order valence-corrected chi connectivity index (χ1v) is 8.15. The predicted octanol–water partition coefficient (Wildman–Crippen LogP) is 2.59. The third-order valence-electron chi connectivity index (χ3n) is 4.10. The number of nitrogens with one attached hydrogen (secondary N) is 1. The van der Waals surface area contributed by atoms with Crippen LogP contribution in [-0.4, -0.2) is 57.8 Å². The van der Waals surface area contributed by atoms with Crippen LogP contribution in [0.3, 0.4) is 0 Å². The highest BCUT2D eigenvalue weighted by Gasteiger charge is 2.29. The van der Waals surface area contributed by atoms with Crippen LogP contribution in [0, 0.1) is 6.92 Å². The Morgan fingerprint density at radius 2 is 1.96 bits per heavy atom. The van der Waals surface area contributed by atoms with E-state index in [1.165, 1.54) is 0 Å². The molecule has 0 aromatic heterocycles. The Balaban J connectivity index is 1.72. The number of rotatable bonds is 1. The molecule has 0 aromatic rings. The van der Waals surface area contributed by atoms with Crippen LogP contribution >= 0.6 is 0 Å². The maximum absolute atomic E-state index is 12.2. The van der Waals surface area contributed by atoms with Gasteiger partial charge in [-0.2, -0.15) is 0 Å². The average Bonchev–Trinajstić information content (AvgIpc) is 2.81. The first kappa shape index (κ1) is 16.4. The molecule has 1 fully saturated rings. The fourth-order valence-corrected chi connectivity index (χ4v) is 3.00. The zero-order valence-electron chi connectivity index (χ0n) is 14.6. The molecule has 130 valence electrons. The van der Waals surface area contributed by atoms with Crippen molar-refractivity contribution >= 4 is 11.9 Å². The number of nitrogens with zero attached hydrogens (tertiary/aromatic N) is 3. The fraction of sp³-hybridized carbons (Fsp3) is 0.529. The SMILES string of the molecule is Cc1cc(O)c2[nH]cnc(N3CCN(C(=O)OC(C)(C)C)CC3)c1-2. The van der Waals surface area contributed by atoms with Gasteiger partial charge in [0.25, 0.3) is 0 Å². The quantitative estimate of drug-likeness (QED) is 0.839. The van der Waals surface area contributed by atoms with Gasteiger partial charge in [-0.25, -0.2) is 9.78 Å². The second kappa shape index (κ2) is 5.89. The Morgan fingerprint density at radius 3 is 2.58 bits per heavy atom. The summed E-state index contributed by atoms with van der Waals surface area (Å²) >= 11 is 0. The third-order valence-corrected chi connectivity index (χ3v) is 4.10. The standard InChI is InChI=1S/C17H24N4O3/c1-11-9-12(22)14-13(11)15(19-10-18-14)20-5-7-21(8-6-20)16(23)24-17(2,3)4/h9-10,22H,5-8H2,1-4H3,(H,18,19). The van der Waals surface area contributed by atoms with Crippen LogP contribution < -0.4 is 4.90 Å². The van der Waals surface area contributed by atoms with Gasteiger partial charge >= 0.3 is 6.09 Å². The normalized spacial score (nSPS) is 15.8. The van der Waals surface area contributed by atoms with Crippen molar-refractivity contribution < 1.29 is 14.6 Å². The molecule has 3 rings (SSSR count). The second-order valence-corrected chi connectivity index (χ2v) is 7.14. The van der Waals surface area contributed by atoms with Crippen molar-refractivity contribution in [2.24, 2.45) is 0 Å². The van der Waals surface area contributed by atoms with Gasteiger partial charge in [0.05, 0.1) is 12.0 Å². The third kappa shape index (κ3) is 3.11. The minimum absolute atomic E-state index is 0.235. The molecule has 0 spiro atoms. The van der Waals surface area contributed by atoms with E-state index in [2.05, 4.69) is 14.9 Å². The van der Waals surface area contributed by atoms with E-state index in [1.807, 2.05) is 27.7 Å². The van der Waals surface area contributed by atoms with Crippen LogP contribution in [0.5, 0.6) is 5.75 Å². The predicted molar refractivity (Wildman–Crippen MR) is 91.6 cm³/mol. The number of carbonyl (C=O) groups is 1. The van der Waals surface area contributed by atoms with E-state index in [1.54, 1.807) is 17.3 Å². The molecule has 0 atom stereocenters. The van der Waals surface area contributed by atoms with Gasteiger partial charge in [0, 0.05) is 31.7 Å². The molecule has 0 aromatic carbocycles. The van der Waals surface area contributed by atoms with Crippen LogP contribution in [0.25, 0.3) is 11.3 Å². The molecule has 3 aliphatic rings. The molecule has 1 aliphatic carbocycles. The highest BCUT2D eigenvalue weighted by atomic mass is 16.6. The zero-order chi connectivity index (χ0) is 17.5. The number of anilines is 1. The first-order valence-electron chi connectivity index (χ1n) is 8.15. The molecule has 0 unspecified atom stereocenters. The lowest BCUT2D eigenvalue weighted by Gasteiger charge is -2.36. The van der Waals surface area contributed by atoms with E-state index < -0.39 is 5.60 Å². The van der Waals surface area contributed by atoms with Gasteiger partial charge in [0.15, 0.2) is 0 Å². The average molecular weight is 332 g/mol. The maximum atomic E-state index is 12.2. The number of hydrogen-bond acceptors (Lipinski definition) is 5. The number of aromatic amines is 1. The van der Waals surface area contributed by atoms with E-state index in [0.717, 1.165) is 16.9 Å². The van der Waals surface area contributed by atoms with Crippen molar-refractivity contribution in [3.05, 3.63) is 18.0 Å². The number of aromatic hydroxyl groups is 1. The van der Waals surface area contributed by atoms with Gasteiger partial charge < -0.3 is 24.6 Å². The van der Waals surface area contributed by atoms with E-state index in [-0.39, 0.29) is 11.8 Å². The largest absolute Gasteiger partial charge is 0.506 e. The molecule has 0 bridgehead atoms. The summed E-state index contributed by atoms with van der Waals surface area (Å²) in [5.74, 6) is 1.07. The number of carbonyl (C=O) groups excluding carboxylic acids is 1. The van der Waals surface area contributed by atoms with Crippen molar-refractivity contribution in [1.29, 1.82) is 0 Å². The van der Waals surface area contributed by atoms with Gasteiger partial charge in [-0.3, -0.25) is 0 Å².